The highest BCUT2D eigenvalue weighted by Gasteiger charge is 2.52. The van der Waals surface area contributed by atoms with Crippen molar-refractivity contribution in [3.05, 3.63) is 18.1 Å². The van der Waals surface area contributed by atoms with Crippen LogP contribution in [0.15, 0.2) is 26.4 Å². The number of thioether (sulfide) groups is 1. The lowest BCUT2D eigenvalue weighted by Crippen LogP contribution is -2.51. The second-order valence-electron chi connectivity index (χ2n) is 7.42. The minimum Gasteiger partial charge on any atom is -0.469 e. The highest BCUT2D eigenvalue weighted by atomic mass is 32.2. The molecular weight excluding hydrogens is 398 g/mol. The maximum Gasteiger partial charge on any atom is 0.344 e. The fraction of sp³-hybridized carbons (Fsp3) is 0.500. The number of rotatable bonds is 5. The first-order chi connectivity index (χ1) is 13.9. The number of aryl methyl sites for hydroxylation is 1. The Kier molecular flexibility index (Phi) is 5.07. The molecule has 0 bridgehead atoms. The van der Waals surface area contributed by atoms with Crippen LogP contribution in [0.2, 0.25) is 0 Å². The lowest BCUT2D eigenvalue weighted by molar-refractivity contribution is -0.139. The summed E-state index contributed by atoms with van der Waals surface area (Å²) in [5, 5.41) is 11.6. The van der Waals surface area contributed by atoms with Crippen LogP contribution >= 0.6 is 11.8 Å². The maximum absolute atomic E-state index is 12.7. The third kappa shape index (κ3) is 3.74. The molecule has 2 fully saturated rings. The summed E-state index contributed by atoms with van der Waals surface area (Å²) in [7, 11) is 0. The fourth-order valence-corrected chi connectivity index (χ4v) is 4.14. The monoisotopic (exact) mass is 419 g/mol. The fourth-order valence-electron chi connectivity index (χ4n) is 3.58. The number of nitrogens with one attached hydrogen (secondary N) is 2. The molecule has 10 nitrogen and oxygen atoms in total. The van der Waals surface area contributed by atoms with Gasteiger partial charge in [-0.25, -0.2) is 4.79 Å². The van der Waals surface area contributed by atoms with Crippen molar-refractivity contribution in [2.75, 3.05) is 5.75 Å². The van der Waals surface area contributed by atoms with Crippen molar-refractivity contribution < 1.29 is 23.2 Å². The van der Waals surface area contributed by atoms with Crippen LogP contribution in [0.5, 0.6) is 0 Å². The average Bonchev–Trinajstić information content (AvgIpc) is 3.38. The number of carbonyl (C=O) groups excluding carboxylic acids is 3. The molecule has 1 saturated heterocycles. The van der Waals surface area contributed by atoms with Crippen LogP contribution in [0.4, 0.5) is 4.79 Å². The number of aromatic nitrogens is 2. The molecule has 1 saturated carbocycles. The van der Waals surface area contributed by atoms with Crippen LogP contribution in [0, 0.1) is 12.8 Å². The predicted octanol–water partition coefficient (Wildman–Crippen LogP) is 2.26. The molecule has 1 aliphatic heterocycles. The number of hydrazine groups is 1. The first-order valence-electron chi connectivity index (χ1n) is 9.35. The summed E-state index contributed by atoms with van der Waals surface area (Å²) in [6.45, 7) is 3.90. The molecule has 0 unspecified atom stereocenters. The molecule has 2 aromatic heterocycles. The molecule has 4 amide bonds. The summed E-state index contributed by atoms with van der Waals surface area (Å²) in [4.78, 5) is 37.3. The van der Waals surface area contributed by atoms with Crippen LogP contribution in [0.3, 0.4) is 0 Å². The molecule has 0 atom stereocenters. The van der Waals surface area contributed by atoms with Gasteiger partial charge in [0.2, 0.25) is 5.91 Å². The van der Waals surface area contributed by atoms with Gasteiger partial charge in [-0.2, -0.15) is 5.01 Å². The van der Waals surface area contributed by atoms with Gasteiger partial charge in [0.15, 0.2) is 0 Å². The van der Waals surface area contributed by atoms with E-state index < -0.39 is 23.4 Å². The quantitative estimate of drug-likeness (QED) is 0.557. The summed E-state index contributed by atoms with van der Waals surface area (Å²) in [6, 6.07) is 1.11. The van der Waals surface area contributed by atoms with Gasteiger partial charge < -0.3 is 14.2 Å². The van der Waals surface area contributed by atoms with Gasteiger partial charge in [-0.05, 0) is 44.6 Å². The number of furan rings is 1. The topological polar surface area (TPSA) is 131 Å². The zero-order chi connectivity index (χ0) is 20.6. The summed E-state index contributed by atoms with van der Waals surface area (Å²) < 4.78 is 10.7. The zero-order valence-electron chi connectivity index (χ0n) is 16.1. The van der Waals surface area contributed by atoms with Gasteiger partial charge in [-0.15, -0.1) is 10.2 Å². The Hall–Kier alpha value is -2.82. The summed E-state index contributed by atoms with van der Waals surface area (Å²) >= 11 is 1.01. The first-order valence-corrected chi connectivity index (χ1v) is 10.3. The molecule has 4 rings (SSSR count). The van der Waals surface area contributed by atoms with Gasteiger partial charge in [-0.3, -0.25) is 15.0 Å². The van der Waals surface area contributed by atoms with E-state index in [1.807, 2.05) is 0 Å². The lowest BCUT2D eigenvalue weighted by Gasteiger charge is -2.33. The Bertz CT molecular complexity index is 946. The summed E-state index contributed by atoms with van der Waals surface area (Å²) in [5.74, 6) is 0.458. The Morgan fingerprint density at radius 2 is 2.14 bits per heavy atom. The van der Waals surface area contributed by atoms with E-state index in [1.165, 1.54) is 6.26 Å². The van der Waals surface area contributed by atoms with Crippen LogP contribution < -0.4 is 10.7 Å². The predicted molar refractivity (Wildman–Crippen MR) is 101 cm³/mol. The Balaban J connectivity index is 1.33. The van der Waals surface area contributed by atoms with Crippen molar-refractivity contribution in [2.24, 2.45) is 5.92 Å². The highest BCUT2D eigenvalue weighted by molar-refractivity contribution is 7.99. The number of urea groups is 1. The van der Waals surface area contributed by atoms with E-state index >= 15 is 0 Å². The van der Waals surface area contributed by atoms with Crippen molar-refractivity contribution in [1.29, 1.82) is 0 Å². The zero-order valence-corrected chi connectivity index (χ0v) is 16.9. The molecule has 11 heteroatoms. The molecule has 0 aromatic carbocycles. The van der Waals surface area contributed by atoms with E-state index in [-0.39, 0.29) is 11.0 Å². The summed E-state index contributed by atoms with van der Waals surface area (Å²) in [6.07, 6.45) is 4.40. The summed E-state index contributed by atoms with van der Waals surface area (Å²) in [5.41, 5.74) is 2.17. The molecule has 1 aliphatic carbocycles. The van der Waals surface area contributed by atoms with Crippen molar-refractivity contribution in [3.63, 3.8) is 0 Å². The lowest BCUT2D eigenvalue weighted by atomic mass is 9.77. The molecule has 2 N–H and O–H groups in total. The molecule has 1 spiro atoms. The van der Waals surface area contributed by atoms with Crippen LogP contribution in [-0.2, 0) is 9.59 Å². The smallest absolute Gasteiger partial charge is 0.344 e. The van der Waals surface area contributed by atoms with Gasteiger partial charge in [-0.1, -0.05) is 18.7 Å². The maximum atomic E-state index is 12.7. The molecular formula is C18H21N5O5S. The number of imide groups is 1. The Labute approximate surface area is 170 Å². The van der Waals surface area contributed by atoms with E-state index in [1.54, 1.807) is 13.0 Å². The number of nitrogens with zero attached hydrogens (tertiary/aromatic N) is 3. The third-order valence-electron chi connectivity index (χ3n) is 5.35. The van der Waals surface area contributed by atoms with E-state index in [9.17, 15) is 14.4 Å². The number of hydrogen-bond acceptors (Lipinski definition) is 8. The molecule has 2 aliphatic rings. The molecule has 154 valence electrons. The van der Waals surface area contributed by atoms with Crippen LogP contribution in [0.1, 0.15) is 38.4 Å². The van der Waals surface area contributed by atoms with Gasteiger partial charge in [0.25, 0.3) is 17.0 Å². The minimum atomic E-state index is -0.895. The van der Waals surface area contributed by atoms with E-state index in [4.69, 9.17) is 8.83 Å². The van der Waals surface area contributed by atoms with Gasteiger partial charge >= 0.3 is 6.03 Å². The molecule has 2 aromatic rings. The van der Waals surface area contributed by atoms with Crippen molar-refractivity contribution in [1.82, 2.24) is 25.9 Å². The third-order valence-corrected chi connectivity index (χ3v) is 6.17. The molecule has 3 heterocycles. The number of carbonyl (C=O) groups is 3. The second kappa shape index (κ2) is 7.54. The van der Waals surface area contributed by atoms with Crippen LogP contribution in [-0.4, -0.2) is 44.3 Å². The first kappa shape index (κ1) is 19.5. The largest absolute Gasteiger partial charge is 0.469 e. The number of hydrogen-bond donors (Lipinski definition) is 2. The molecule has 29 heavy (non-hydrogen) atoms. The standard InChI is InChI=1S/C18H21N5O5S/c1-10-3-6-18(7-4-10)15(25)23(16(26)19-18)22-13(24)9-29-17-21-20-14(28-17)12-5-8-27-11(12)2/h5,8,10H,3-4,6-7,9H2,1-2H3,(H,19,26)(H,22,24). The number of amides is 4. The average molecular weight is 419 g/mol. The van der Waals surface area contributed by atoms with Gasteiger partial charge in [0.05, 0.1) is 17.6 Å². The van der Waals surface area contributed by atoms with Crippen molar-refractivity contribution in [3.8, 4) is 11.5 Å². The normalized spacial score (nSPS) is 24.2. The van der Waals surface area contributed by atoms with Gasteiger partial charge in [0.1, 0.15) is 11.3 Å². The van der Waals surface area contributed by atoms with E-state index in [0.717, 1.165) is 29.6 Å². The second-order valence-corrected chi connectivity index (χ2v) is 8.35. The highest BCUT2D eigenvalue weighted by Crippen LogP contribution is 2.35. The van der Waals surface area contributed by atoms with Crippen LogP contribution in [0.25, 0.3) is 11.5 Å². The minimum absolute atomic E-state index is 0.0902. The molecule has 0 radical (unpaired) electrons. The van der Waals surface area contributed by atoms with E-state index in [2.05, 4.69) is 27.9 Å². The Morgan fingerprint density at radius 1 is 1.38 bits per heavy atom. The van der Waals surface area contributed by atoms with Crippen molar-refractivity contribution in [2.45, 2.75) is 50.3 Å². The Morgan fingerprint density at radius 3 is 2.83 bits per heavy atom. The SMILES string of the molecule is Cc1occc1-c1nnc(SCC(=O)NN2C(=O)NC3(CCC(C)CC3)C2=O)o1. The van der Waals surface area contributed by atoms with Crippen molar-refractivity contribution >= 4 is 29.6 Å². The van der Waals surface area contributed by atoms with Gasteiger partial charge in [0, 0.05) is 0 Å². The van der Waals surface area contributed by atoms with E-state index in [0.29, 0.717) is 36.0 Å².